The number of esters is 1. The molecule has 0 atom stereocenters. The minimum Gasteiger partial charge on any atom is -0.459 e. The lowest BCUT2D eigenvalue weighted by molar-refractivity contribution is 0.0378. The first-order chi connectivity index (χ1) is 14.4. The Morgan fingerprint density at radius 3 is 2.70 bits per heavy atom. The van der Waals surface area contributed by atoms with E-state index in [-0.39, 0.29) is 29.9 Å². The van der Waals surface area contributed by atoms with Crippen LogP contribution in [0.25, 0.3) is 10.2 Å². The molecule has 10 heteroatoms. The van der Waals surface area contributed by atoms with Gasteiger partial charge in [0.05, 0.1) is 21.9 Å². The molecule has 2 aromatic carbocycles. The third-order valence-electron chi connectivity index (χ3n) is 4.05. The molecule has 2 heterocycles. The van der Waals surface area contributed by atoms with Crippen molar-refractivity contribution in [1.82, 2.24) is 10.3 Å². The number of benzene rings is 2. The number of hydrogen-bond acceptors (Lipinski definition) is 8. The van der Waals surface area contributed by atoms with Gasteiger partial charge in [0.1, 0.15) is 0 Å². The van der Waals surface area contributed by atoms with Crippen molar-refractivity contribution in [2.24, 2.45) is 0 Å². The van der Waals surface area contributed by atoms with Crippen molar-refractivity contribution in [3.63, 3.8) is 0 Å². The highest BCUT2D eigenvalue weighted by atomic mass is 32.1. The average molecular weight is 444 g/mol. The molecule has 0 saturated heterocycles. The van der Waals surface area contributed by atoms with E-state index < -0.39 is 0 Å². The van der Waals surface area contributed by atoms with E-state index >= 15 is 0 Å². The Hall–Kier alpha value is -3.24. The summed E-state index contributed by atoms with van der Waals surface area (Å²) < 4.78 is 16.5. The lowest BCUT2D eigenvalue weighted by Crippen LogP contribution is -2.34. The van der Waals surface area contributed by atoms with Crippen molar-refractivity contribution in [3.8, 4) is 11.5 Å². The van der Waals surface area contributed by atoms with Crippen LogP contribution < -0.4 is 20.1 Å². The van der Waals surface area contributed by atoms with Crippen LogP contribution in [-0.2, 0) is 4.74 Å². The van der Waals surface area contributed by atoms with E-state index in [1.54, 1.807) is 50.2 Å². The fraction of sp³-hybridized carbons (Fsp3) is 0.200. The van der Waals surface area contributed by atoms with Crippen molar-refractivity contribution in [1.29, 1.82) is 0 Å². The zero-order chi connectivity index (χ0) is 21.3. The van der Waals surface area contributed by atoms with Gasteiger partial charge in [0.15, 0.2) is 21.7 Å². The van der Waals surface area contributed by atoms with E-state index in [1.165, 1.54) is 11.3 Å². The fourth-order valence-corrected chi connectivity index (χ4v) is 3.89. The summed E-state index contributed by atoms with van der Waals surface area (Å²) in [5.41, 5.74) is 1.54. The number of carbonyl (C=O) groups excluding carboxylic acids is 2. The molecule has 154 valence electrons. The Morgan fingerprint density at radius 1 is 1.13 bits per heavy atom. The largest absolute Gasteiger partial charge is 0.459 e. The highest BCUT2D eigenvalue weighted by molar-refractivity contribution is 7.80. The topological polar surface area (TPSA) is 98.8 Å². The summed E-state index contributed by atoms with van der Waals surface area (Å²) in [6.45, 7) is 3.73. The molecule has 1 aliphatic heterocycles. The maximum Gasteiger partial charge on any atom is 0.338 e. The summed E-state index contributed by atoms with van der Waals surface area (Å²) in [7, 11) is 0. The van der Waals surface area contributed by atoms with Crippen molar-refractivity contribution in [3.05, 3.63) is 47.5 Å². The second-order valence-electron chi connectivity index (χ2n) is 6.63. The number of nitrogens with one attached hydrogen (secondary N) is 2. The van der Waals surface area contributed by atoms with Gasteiger partial charge in [0.2, 0.25) is 6.79 Å². The van der Waals surface area contributed by atoms with Crippen molar-refractivity contribution in [2.75, 3.05) is 12.1 Å². The average Bonchev–Trinajstić information content (AvgIpc) is 3.31. The number of fused-ring (bicyclic) bond motifs is 2. The number of nitrogens with zero attached hydrogens (tertiary/aromatic N) is 1. The smallest absolute Gasteiger partial charge is 0.338 e. The number of aromatic nitrogens is 1. The molecule has 30 heavy (non-hydrogen) atoms. The van der Waals surface area contributed by atoms with Gasteiger partial charge in [-0.3, -0.25) is 10.1 Å². The number of ether oxygens (including phenoxy) is 3. The monoisotopic (exact) mass is 443 g/mol. The molecule has 1 aliphatic rings. The lowest BCUT2D eigenvalue weighted by Gasteiger charge is -2.07. The fourth-order valence-electron chi connectivity index (χ4n) is 2.73. The molecule has 0 saturated carbocycles. The summed E-state index contributed by atoms with van der Waals surface area (Å²) >= 11 is 6.53. The maximum absolute atomic E-state index is 12.4. The van der Waals surface area contributed by atoms with Gasteiger partial charge in [0.25, 0.3) is 5.91 Å². The van der Waals surface area contributed by atoms with Gasteiger partial charge in [-0.25, -0.2) is 9.78 Å². The van der Waals surface area contributed by atoms with Crippen LogP contribution in [-0.4, -0.2) is 34.9 Å². The third kappa shape index (κ3) is 4.34. The summed E-state index contributed by atoms with van der Waals surface area (Å²) in [5.74, 6) is 0.338. The number of anilines is 1. The molecule has 8 nitrogen and oxygen atoms in total. The summed E-state index contributed by atoms with van der Waals surface area (Å²) in [5, 5.41) is 6.11. The number of thiazole rings is 1. The van der Waals surface area contributed by atoms with E-state index in [4.69, 9.17) is 26.4 Å². The van der Waals surface area contributed by atoms with Crippen LogP contribution >= 0.6 is 23.6 Å². The molecule has 4 rings (SSSR count). The van der Waals surface area contributed by atoms with Crippen LogP contribution in [0.2, 0.25) is 0 Å². The molecule has 1 aromatic heterocycles. The van der Waals surface area contributed by atoms with Crippen LogP contribution in [0.4, 0.5) is 5.13 Å². The molecule has 2 N–H and O–H groups in total. The van der Waals surface area contributed by atoms with E-state index in [9.17, 15) is 9.59 Å². The molecule has 3 aromatic rings. The van der Waals surface area contributed by atoms with Crippen LogP contribution in [0.1, 0.15) is 34.6 Å². The molecule has 0 spiro atoms. The highest BCUT2D eigenvalue weighted by Gasteiger charge is 2.17. The molecule has 0 fully saturated rings. The normalized spacial score (nSPS) is 12.1. The van der Waals surface area contributed by atoms with Crippen molar-refractivity contribution >= 4 is 55.9 Å². The first-order valence-corrected chi connectivity index (χ1v) is 10.2. The zero-order valence-corrected chi connectivity index (χ0v) is 17.7. The van der Waals surface area contributed by atoms with E-state index in [0.29, 0.717) is 33.3 Å². The Labute approximate surface area is 181 Å². The minimum atomic E-state index is -0.388. The number of rotatable bonds is 4. The van der Waals surface area contributed by atoms with Crippen LogP contribution in [0.5, 0.6) is 11.5 Å². The predicted octanol–water partition coefficient (Wildman–Crippen LogP) is 3.72. The van der Waals surface area contributed by atoms with Crippen LogP contribution in [0.3, 0.4) is 0 Å². The first kappa shape index (κ1) is 20.0. The van der Waals surface area contributed by atoms with Gasteiger partial charge in [-0.05, 0) is 62.5 Å². The standard InChI is InChI=1S/C20H17N3O5S2/c1-10(2)28-18(25)12-3-5-13-16(8-12)30-20(21-13)23-19(29)22-17(24)11-4-6-14-15(7-11)27-9-26-14/h3-8,10H,9H2,1-2H3,(H2,21,22,23,24,29). The number of hydrogen-bond donors (Lipinski definition) is 2. The quantitative estimate of drug-likeness (QED) is 0.465. The van der Waals surface area contributed by atoms with Crippen molar-refractivity contribution < 1.29 is 23.8 Å². The second-order valence-corrected chi connectivity index (χ2v) is 8.07. The van der Waals surface area contributed by atoms with Gasteiger partial charge in [-0.2, -0.15) is 0 Å². The van der Waals surface area contributed by atoms with Gasteiger partial charge >= 0.3 is 5.97 Å². The van der Waals surface area contributed by atoms with Crippen LogP contribution in [0.15, 0.2) is 36.4 Å². The summed E-state index contributed by atoms with van der Waals surface area (Å²) in [4.78, 5) is 28.9. The molecule has 0 aliphatic carbocycles. The van der Waals surface area contributed by atoms with Crippen LogP contribution in [0, 0.1) is 0 Å². The molecular formula is C20H17N3O5S2. The Morgan fingerprint density at radius 2 is 1.90 bits per heavy atom. The Balaban J connectivity index is 1.42. The number of carbonyl (C=O) groups is 2. The van der Waals surface area contributed by atoms with Crippen molar-refractivity contribution in [2.45, 2.75) is 20.0 Å². The summed E-state index contributed by atoms with van der Waals surface area (Å²) in [6.07, 6.45) is -0.197. The van der Waals surface area contributed by atoms with Gasteiger partial charge in [-0.1, -0.05) is 11.3 Å². The molecule has 0 bridgehead atoms. The third-order valence-corrected chi connectivity index (χ3v) is 5.19. The predicted molar refractivity (Wildman–Crippen MR) is 116 cm³/mol. The lowest BCUT2D eigenvalue weighted by atomic mass is 10.2. The molecule has 0 unspecified atom stereocenters. The molecule has 0 radical (unpaired) electrons. The van der Waals surface area contributed by atoms with E-state index in [1.807, 2.05) is 0 Å². The Kier molecular flexibility index (Phi) is 5.51. The minimum absolute atomic E-state index is 0.108. The van der Waals surface area contributed by atoms with Gasteiger partial charge in [0, 0.05) is 5.56 Å². The maximum atomic E-state index is 12.4. The zero-order valence-electron chi connectivity index (χ0n) is 16.1. The van der Waals surface area contributed by atoms with E-state index in [2.05, 4.69) is 15.6 Å². The first-order valence-electron chi connectivity index (χ1n) is 9.02. The highest BCUT2D eigenvalue weighted by Crippen LogP contribution is 2.32. The van der Waals surface area contributed by atoms with Gasteiger partial charge < -0.3 is 19.5 Å². The number of amides is 1. The van der Waals surface area contributed by atoms with Gasteiger partial charge in [-0.15, -0.1) is 0 Å². The summed E-state index contributed by atoms with van der Waals surface area (Å²) in [6, 6.07) is 10.0. The van der Waals surface area contributed by atoms with E-state index in [0.717, 1.165) is 4.70 Å². The second kappa shape index (κ2) is 8.25. The Bertz CT molecular complexity index is 1160. The number of thiocarbonyl (C=S) groups is 1. The molecular weight excluding hydrogens is 426 g/mol. The SMILES string of the molecule is CC(C)OC(=O)c1ccc2nc(NC(=S)NC(=O)c3ccc4c(c3)OCO4)sc2c1. The molecule has 1 amide bonds.